The van der Waals surface area contributed by atoms with Crippen LogP contribution in [0, 0.1) is 11.2 Å². The van der Waals surface area contributed by atoms with Crippen LogP contribution in [0.15, 0.2) is 72.8 Å². The van der Waals surface area contributed by atoms with Crippen LogP contribution >= 0.6 is 31.4 Å². The minimum Gasteiger partial charge on any atom is -0.0843 e. The van der Waals surface area contributed by atoms with E-state index in [4.69, 9.17) is 11.6 Å². The Kier molecular flexibility index (Phi) is 4.22. The third kappa shape index (κ3) is 2.77. The molecule has 1 atom stereocenters. The van der Waals surface area contributed by atoms with Crippen LogP contribution in [0.1, 0.15) is 5.56 Å². The Balaban J connectivity index is 1.90. The number of hydrogen-bond acceptors (Lipinski definition) is 1. The van der Waals surface area contributed by atoms with Crippen LogP contribution in [0.2, 0.25) is 5.02 Å². The molecule has 0 spiro atoms. The van der Waals surface area contributed by atoms with Gasteiger partial charge in [-0.25, -0.2) is 0 Å². The number of hydrogen-bond donors (Lipinski definition) is 0. The smallest absolute Gasteiger partial charge is 0.0406 e. The van der Waals surface area contributed by atoms with Crippen LogP contribution in [-0.4, -0.2) is 0 Å². The summed E-state index contributed by atoms with van der Waals surface area (Å²) in [6.07, 6.45) is 0. The molecule has 0 aliphatic rings. The van der Waals surface area contributed by atoms with Crippen molar-refractivity contribution >= 4 is 63.7 Å². The lowest BCUT2D eigenvalue weighted by Gasteiger charge is -2.15. The summed E-state index contributed by atoms with van der Waals surface area (Å²) in [6.45, 7) is 0. The predicted molar refractivity (Wildman–Crippen MR) is 125 cm³/mol. The van der Waals surface area contributed by atoms with Gasteiger partial charge >= 0.3 is 0 Å². The van der Waals surface area contributed by atoms with E-state index in [-0.39, 0.29) is 0 Å². The van der Waals surface area contributed by atoms with Crippen molar-refractivity contribution in [2.24, 2.45) is 0 Å². The maximum Gasteiger partial charge on any atom is 0.0406 e. The molecule has 0 aromatic heterocycles. The Hall–Kier alpha value is -2.23. The highest BCUT2D eigenvalue weighted by atomic mass is 35.5. The lowest BCUT2D eigenvalue weighted by Crippen LogP contribution is -1.89. The second kappa shape index (κ2) is 6.74. The Morgan fingerprint density at radius 1 is 0.704 bits per heavy atom. The monoisotopic (exact) mass is 400 g/mol. The number of halogens is 1. The Labute approximate surface area is 169 Å². The van der Waals surface area contributed by atoms with Gasteiger partial charge in [0, 0.05) is 10.6 Å². The molecule has 0 aliphatic heterocycles. The molecular weight excluding hydrogens is 387 g/mol. The van der Waals surface area contributed by atoms with Crippen molar-refractivity contribution in [3.8, 4) is 22.3 Å². The van der Waals surface area contributed by atoms with Crippen LogP contribution in [0.3, 0.4) is 0 Å². The molecule has 0 N–H and O–H groups in total. The summed E-state index contributed by atoms with van der Waals surface area (Å²) in [7, 11) is 2.58. The summed E-state index contributed by atoms with van der Waals surface area (Å²) < 4.78 is 0. The predicted octanol–water partition coefficient (Wildman–Crippen LogP) is 7.74. The molecule has 3 heteroatoms. The minimum atomic E-state index is 0.756. The summed E-state index contributed by atoms with van der Waals surface area (Å²) >= 11 is 7.55. The van der Waals surface area contributed by atoms with Gasteiger partial charge in [0.15, 0.2) is 0 Å². The SMILES string of the molecule is PSC#Cc1ccc2ccc3c(-c4ccc(Cl)cc4)ccc4ccc1c2c43. The van der Waals surface area contributed by atoms with E-state index in [9.17, 15) is 0 Å². The zero-order valence-corrected chi connectivity index (χ0v) is 17.0. The van der Waals surface area contributed by atoms with Crippen LogP contribution in [0.4, 0.5) is 0 Å². The second-order valence-electron chi connectivity index (χ2n) is 6.50. The maximum absolute atomic E-state index is 6.08. The van der Waals surface area contributed by atoms with E-state index in [0.717, 1.165) is 10.6 Å². The first-order valence-electron chi connectivity index (χ1n) is 8.59. The molecule has 0 radical (unpaired) electrons. The van der Waals surface area contributed by atoms with Crippen LogP contribution in [0.5, 0.6) is 0 Å². The van der Waals surface area contributed by atoms with E-state index in [1.165, 1.54) is 54.8 Å². The van der Waals surface area contributed by atoms with Gasteiger partial charge in [0.25, 0.3) is 0 Å². The van der Waals surface area contributed by atoms with E-state index in [0.29, 0.717) is 0 Å². The lowest BCUT2D eigenvalue weighted by molar-refractivity contribution is 1.66. The average Bonchev–Trinajstić information content (AvgIpc) is 2.71. The molecule has 5 aromatic rings. The summed E-state index contributed by atoms with van der Waals surface area (Å²) in [6, 6.07) is 25.6. The van der Waals surface area contributed by atoms with Crippen molar-refractivity contribution < 1.29 is 0 Å². The number of benzene rings is 5. The third-order valence-electron chi connectivity index (χ3n) is 5.06. The standard InChI is InChI=1S/C24H14ClPS/c25-19-8-3-15(4-9-19)20-10-5-18-6-11-21-16(13-14-27-26)1-2-17-7-12-22(20)24(18)23(17)21/h1-12H,26H2. The average molecular weight is 401 g/mol. The van der Waals surface area contributed by atoms with E-state index in [1.54, 1.807) is 0 Å². The first-order valence-corrected chi connectivity index (χ1v) is 11.3. The lowest BCUT2D eigenvalue weighted by atomic mass is 9.88. The molecule has 27 heavy (non-hydrogen) atoms. The fourth-order valence-corrected chi connectivity index (χ4v) is 4.35. The molecular formula is C24H14ClPS. The van der Waals surface area contributed by atoms with Crippen molar-refractivity contribution in [3.05, 3.63) is 83.4 Å². The Morgan fingerprint density at radius 2 is 1.33 bits per heavy atom. The summed E-state index contributed by atoms with van der Waals surface area (Å²) in [5.74, 6) is 3.28. The summed E-state index contributed by atoms with van der Waals surface area (Å²) in [4.78, 5) is 0. The van der Waals surface area contributed by atoms with Crippen molar-refractivity contribution in [2.75, 3.05) is 0 Å². The molecule has 5 aromatic carbocycles. The molecule has 1 unspecified atom stereocenters. The summed E-state index contributed by atoms with van der Waals surface area (Å²) in [5, 5.41) is 11.4. The van der Waals surface area contributed by atoms with Gasteiger partial charge in [0.1, 0.15) is 0 Å². The zero-order valence-electron chi connectivity index (χ0n) is 14.3. The van der Waals surface area contributed by atoms with Crippen LogP contribution in [0.25, 0.3) is 43.4 Å². The first kappa shape index (κ1) is 16.9. The summed E-state index contributed by atoms with van der Waals surface area (Å²) in [5.41, 5.74) is 3.48. The molecule has 0 aliphatic carbocycles. The molecule has 128 valence electrons. The fraction of sp³-hybridized carbons (Fsp3) is 0. The normalized spacial score (nSPS) is 11.2. The van der Waals surface area contributed by atoms with Gasteiger partial charge in [-0.15, -0.1) is 0 Å². The quantitative estimate of drug-likeness (QED) is 0.157. The zero-order chi connectivity index (χ0) is 18.4. The van der Waals surface area contributed by atoms with Gasteiger partial charge in [-0.3, -0.25) is 0 Å². The van der Waals surface area contributed by atoms with Crippen molar-refractivity contribution in [3.63, 3.8) is 0 Å². The molecule has 0 saturated heterocycles. The topological polar surface area (TPSA) is 0 Å². The minimum absolute atomic E-state index is 0.756. The van der Waals surface area contributed by atoms with Crippen LogP contribution in [-0.2, 0) is 0 Å². The molecule has 0 heterocycles. The van der Waals surface area contributed by atoms with Crippen LogP contribution < -0.4 is 0 Å². The first-order chi connectivity index (χ1) is 13.3. The molecule has 0 bridgehead atoms. The molecule has 5 rings (SSSR count). The fourth-order valence-electron chi connectivity index (χ4n) is 3.88. The molecule has 0 saturated carbocycles. The Bertz CT molecular complexity index is 1360. The van der Waals surface area contributed by atoms with Gasteiger partial charge in [-0.1, -0.05) is 91.9 Å². The van der Waals surface area contributed by atoms with Gasteiger partial charge in [0.2, 0.25) is 0 Å². The highest BCUT2D eigenvalue weighted by molar-refractivity contribution is 8.46. The second-order valence-corrected chi connectivity index (χ2v) is 8.08. The van der Waals surface area contributed by atoms with E-state index in [2.05, 4.69) is 80.3 Å². The largest absolute Gasteiger partial charge is 0.0843 e. The van der Waals surface area contributed by atoms with Crippen molar-refractivity contribution in [1.29, 1.82) is 0 Å². The molecule has 0 fully saturated rings. The van der Waals surface area contributed by atoms with Gasteiger partial charge in [-0.05, 0) is 66.9 Å². The van der Waals surface area contributed by atoms with Crippen molar-refractivity contribution in [1.82, 2.24) is 0 Å². The molecule has 0 amide bonds. The highest BCUT2D eigenvalue weighted by Gasteiger charge is 2.13. The maximum atomic E-state index is 6.08. The van der Waals surface area contributed by atoms with Gasteiger partial charge in [-0.2, -0.15) is 0 Å². The van der Waals surface area contributed by atoms with E-state index >= 15 is 0 Å². The highest BCUT2D eigenvalue weighted by Crippen LogP contribution is 2.40. The van der Waals surface area contributed by atoms with E-state index < -0.39 is 0 Å². The number of rotatable bonds is 1. The van der Waals surface area contributed by atoms with Gasteiger partial charge < -0.3 is 0 Å². The third-order valence-corrected chi connectivity index (χ3v) is 5.89. The molecule has 0 nitrogen and oxygen atoms in total. The van der Waals surface area contributed by atoms with Crippen molar-refractivity contribution in [2.45, 2.75) is 0 Å². The Morgan fingerprint density at radius 3 is 2.07 bits per heavy atom. The van der Waals surface area contributed by atoms with E-state index in [1.807, 2.05) is 12.1 Å². The van der Waals surface area contributed by atoms with Gasteiger partial charge in [0.05, 0.1) is 0 Å².